The minimum atomic E-state index is -0.607. The molecule has 0 aromatic heterocycles. The molecule has 24 heavy (non-hydrogen) atoms. The Morgan fingerprint density at radius 1 is 0.750 bits per heavy atom. The van der Waals surface area contributed by atoms with Crippen LogP contribution in [0.15, 0.2) is 30.3 Å². The average Bonchev–Trinajstić information content (AvgIpc) is 2.60. The van der Waals surface area contributed by atoms with Gasteiger partial charge in [-0.15, -0.1) is 0 Å². The molecule has 0 N–H and O–H groups in total. The maximum atomic E-state index is 11.5. The molecule has 0 aliphatic rings. The second kappa shape index (κ2) is 15.0. The molecule has 0 unspecified atom stereocenters. The van der Waals surface area contributed by atoms with E-state index in [0.29, 0.717) is 12.4 Å². The van der Waals surface area contributed by atoms with E-state index in [-0.39, 0.29) is 0 Å². The van der Waals surface area contributed by atoms with Crippen molar-refractivity contribution in [1.29, 1.82) is 0 Å². The molecule has 136 valence electrons. The van der Waals surface area contributed by atoms with E-state index in [1.807, 2.05) is 18.2 Å². The summed E-state index contributed by atoms with van der Waals surface area (Å²) < 4.78 is 10.1. The summed E-state index contributed by atoms with van der Waals surface area (Å²) >= 11 is 0. The van der Waals surface area contributed by atoms with E-state index in [9.17, 15) is 4.79 Å². The number of para-hydroxylation sites is 1. The van der Waals surface area contributed by atoms with Crippen molar-refractivity contribution in [3.63, 3.8) is 0 Å². The van der Waals surface area contributed by atoms with Gasteiger partial charge in [-0.1, -0.05) is 95.8 Å². The quantitative estimate of drug-likeness (QED) is 0.211. The van der Waals surface area contributed by atoms with Crippen LogP contribution in [0.25, 0.3) is 0 Å². The average molecular weight is 334 g/mol. The number of ether oxygens (including phenoxy) is 2. The van der Waals surface area contributed by atoms with Crippen molar-refractivity contribution in [3.05, 3.63) is 30.3 Å². The van der Waals surface area contributed by atoms with Crippen molar-refractivity contribution in [2.24, 2.45) is 0 Å². The highest BCUT2D eigenvalue weighted by molar-refractivity contribution is 5.63. The molecule has 0 amide bonds. The van der Waals surface area contributed by atoms with Crippen molar-refractivity contribution in [2.45, 2.75) is 84.0 Å². The van der Waals surface area contributed by atoms with Crippen molar-refractivity contribution in [1.82, 2.24) is 0 Å². The van der Waals surface area contributed by atoms with Crippen molar-refractivity contribution >= 4 is 6.16 Å². The Labute approximate surface area is 147 Å². The molecule has 3 heteroatoms. The Kier molecular flexibility index (Phi) is 12.9. The summed E-state index contributed by atoms with van der Waals surface area (Å²) in [4.78, 5) is 11.5. The van der Waals surface area contributed by atoms with E-state index >= 15 is 0 Å². The molecule has 0 saturated heterocycles. The van der Waals surface area contributed by atoms with Gasteiger partial charge in [0.15, 0.2) is 0 Å². The first-order chi connectivity index (χ1) is 11.8. The van der Waals surface area contributed by atoms with Crippen LogP contribution in [0.4, 0.5) is 4.79 Å². The van der Waals surface area contributed by atoms with Gasteiger partial charge in [-0.2, -0.15) is 0 Å². The summed E-state index contributed by atoms with van der Waals surface area (Å²) in [6.07, 6.45) is 15.0. The Morgan fingerprint density at radius 2 is 1.25 bits per heavy atom. The van der Waals surface area contributed by atoms with Crippen LogP contribution in [0.1, 0.15) is 84.0 Å². The predicted octanol–water partition coefficient (Wildman–Crippen LogP) is 6.90. The molecule has 0 atom stereocenters. The molecule has 1 aromatic carbocycles. The molecule has 0 spiro atoms. The van der Waals surface area contributed by atoms with Gasteiger partial charge in [0, 0.05) is 0 Å². The zero-order valence-electron chi connectivity index (χ0n) is 15.3. The van der Waals surface area contributed by atoms with E-state index in [2.05, 4.69) is 6.92 Å². The van der Waals surface area contributed by atoms with Crippen LogP contribution in [0.2, 0.25) is 0 Å². The molecular formula is C21H34O3. The van der Waals surface area contributed by atoms with Crippen molar-refractivity contribution < 1.29 is 14.3 Å². The fourth-order valence-corrected chi connectivity index (χ4v) is 2.71. The van der Waals surface area contributed by atoms with Gasteiger partial charge in [-0.25, -0.2) is 4.79 Å². The minimum Gasteiger partial charge on any atom is -0.434 e. The van der Waals surface area contributed by atoms with Gasteiger partial charge in [-0.3, -0.25) is 0 Å². The molecular weight excluding hydrogens is 300 g/mol. The Morgan fingerprint density at radius 3 is 1.79 bits per heavy atom. The highest BCUT2D eigenvalue weighted by atomic mass is 16.7. The summed E-state index contributed by atoms with van der Waals surface area (Å²) in [5, 5.41) is 0. The van der Waals surface area contributed by atoms with E-state index in [1.54, 1.807) is 12.1 Å². The maximum Gasteiger partial charge on any atom is 0.513 e. The lowest BCUT2D eigenvalue weighted by atomic mass is 10.1. The fraction of sp³-hybridized carbons (Fsp3) is 0.667. The zero-order chi connectivity index (χ0) is 17.3. The summed E-state index contributed by atoms with van der Waals surface area (Å²) in [6.45, 7) is 2.71. The number of carbonyl (C=O) groups is 1. The highest BCUT2D eigenvalue weighted by Crippen LogP contribution is 2.12. The zero-order valence-corrected chi connectivity index (χ0v) is 15.3. The van der Waals surface area contributed by atoms with Crippen LogP contribution in [-0.2, 0) is 4.74 Å². The third-order valence-corrected chi connectivity index (χ3v) is 4.16. The number of rotatable bonds is 14. The normalized spacial score (nSPS) is 10.5. The second-order valence-corrected chi connectivity index (χ2v) is 6.40. The first kappa shape index (κ1) is 20.5. The van der Waals surface area contributed by atoms with Crippen molar-refractivity contribution in [3.8, 4) is 5.75 Å². The van der Waals surface area contributed by atoms with Gasteiger partial charge < -0.3 is 9.47 Å². The van der Waals surface area contributed by atoms with E-state index in [1.165, 1.54) is 64.2 Å². The number of hydrogen-bond acceptors (Lipinski definition) is 3. The Bertz CT molecular complexity index is 403. The third kappa shape index (κ3) is 12.0. The molecule has 0 saturated carbocycles. The number of benzene rings is 1. The topological polar surface area (TPSA) is 35.5 Å². The molecule has 0 fully saturated rings. The second-order valence-electron chi connectivity index (χ2n) is 6.40. The maximum absolute atomic E-state index is 11.5. The SMILES string of the molecule is CCCCCCCCCCCCCCOC(=O)Oc1ccccc1. The first-order valence-electron chi connectivity index (χ1n) is 9.72. The first-order valence-corrected chi connectivity index (χ1v) is 9.72. The van der Waals surface area contributed by atoms with E-state index in [4.69, 9.17) is 9.47 Å². The summed E-state index contributed by atoms with van der Waals surface area (Å²) in [5.41, 5.74) is 0. The van der Waals surface area contributed by atoms with Gasteiger partial charge in [-0.05, 0) is 18.6 Å². The van der Waals surface area contributed by atoms with Crippen LogP contribution >= 0.6 is 0 Å². The van der Waals surface area contributed by atoms with Crippen LogP contribution in [-0.4, -0.2) is 12.8 Å². The van der Waals surface area contributed by atoms with Gasteiger partial charge in [0.05, 0.1) is 6.61 Å². The number of unbranched alkanes of at least 4 members (excludes halogenated alkanes) is 11. The number of hydrogen-bond donors (Lipinski definition) is 0. The lowest BCUT2D eigenvalue weighted by molar-refractivity contribution is 0.0973. The molecule has 0 heterocycles. The molecule has 0 radical (unpaired) electrons. The molecule has 1 rings (SSSR count). The molecule has 1 aromatic rings. The van der Waals surface area contributed by atoms with Gasteiger partial charge >= 0.3 is 6.16 Å². The standard InChI is InChI=1S/C21H34O3/c1-2-3-4-5-6-7-8-9-10-11-12-16-19-23-21(22)24-20-17-14-13-15-18-20/h13-15,17-18H,2-12,16,19H2,1H3. The van der Waals surface area contributed by atoms with E-state index in [0.717, 1.165) is 12.8 Å². The lowest BCUT2D eigenvalue weighted by Crippen LogP contribution is -2.11. The van der Waals surface area contributed by atoms with Crippen LogP contribution in [0, 0.1) is 0 Å². The molecule has 0 aliphatic heterocycles. The minimum absolute atomic E-state index is 0.448. The van der Waals surface area contributed by atoms with Crippen LogP contribution in [0.3, 0.4) is 0 Å². The van der Waals surface area contributed by atoms with E-state index < -0.39 is 6.16 Å². The molecule has 0 aliphatic carbocycles. The highest BCUT2D eigenvalue weighted by Gasteiger charge is 2.04. The monoisotopic (exact) mass is 334 g/mol. The Balaban J connectivity index is 1.81. The van der Waals surface area contributed by atoms with Crippen LogP contribution < -0.4 is 4.74 Å². The summed E-state index contributed by atoms with van der Waals surface area (Å²) in [6, 6.07) is 9.02. The predicted molar refractivity (Wildman–Crippen MR) is 99.5 cm³/mol. The van der Waals surface area contributed by atoms with Crippen LogP contribution in [0.5, 0.6) is 5.75 Å². The summed E-state index contributed by atoms with van der Waals surface area (Å²) in [7, 11) is 0. The fourth-order valence-electron chi connectivity index (χ4n) is 2.71. The Hall–Kier alpha value is -1.51. The van der Waals surface area contributed by atoms with Gasteiger partial charge in [0.1, 0.15) is 5.75 Å². The lowest BCUT2D eigenvalue weighted by Gasteiger charge is -2.06. The van der Waals surface area contributed by atoms with Gasteiger partial charge in [0.2, 0.25) is 0 Å². The molecule has 3 nitrogen and oxygen atoms in total. The van der Waals surface area contributed by atoms with Crippen molar-refractivity contribution in [2.75, 3.05) is 6.61 Å². The third-order valence-electron chi connectivity index (χ3n) is 4.16. The smallest absolute Gasteiger partial charge is 0.434 e. The van der Waals surface area contributed by atoms with Gasteiger partial charge in [0.25, 0.3) is 0 Å². The number of carbonyl (C=O) groups excluding carboxylic acids is 1. The largest absolute Gasteiger partial charge is 0.513 e. The summed E-state index contributed by atoms with van der Waals surface area (Å²) in [5.74, 6) is 0.525. The molecule has 0 bridgehead atoms.